The van der Waals surface area contributed by atoms with Crippen LogP contribution in [0.15, 0.2) is 42.5 Å². The van der Waals surface area contributed by atoms with Gasteiger partial charge in [-0.2, -0.15) is 0 Å². The molecule has 0 saturated carbocycles. The fraction of sp³-hybridized carbons (Fsp3) is 0.520. The Labute approximate surface area is 202 Å². The molecule has 0 aromatic heterocycles. The van der Waals surface area contributed by atoms with Crippen LogP contribution in [0.4, 0.5) is 4.79 Å². The second kappa shape index (κ2) is 15.2. The summed E-state index contributed by atoms with van der Waals surface area (Å²) in [6.45, 7) is 11.2. The van der Waals surface area contributed by atoms with E-state index in [1.807, 2.05) is 50.8 Å². The van der Waals surface area contributed by atoms with Crippen molar-refractivity contribution >= 4 is 31.4 Å². The molecule has 0 heterocycles. The number of benzene rings is 1. The molecule has 0 N–H and O–H groups in total. The zero-order valence-electron chi connectivity index (χ0n) is 20.5. The topological polar surface area (TPSA) is 105 Å². The van der Waals surface area contributed by atoms with Gasteiger partial charge >= 0.3 is 17.6 Å². The summed E-state index contributed by atoms with van der Waals surface area (Å²) in [7, 11) is -0.977. The summed E-state index contributed by atoms with van der Waals surface area (Å²) >= 11 is 0. The van der Waals surface area contributed by atoms with Crippen molar-refractivity contribution in [2.45, 2.75) is 40.0 Å². The van der Waals surface area contributed by atoms with Gasteiger partial charge in [-0.3, -0.25) is 9.59 Å². The molecular weight excluding hydrogens is 459 g/mol. The molecule has 0 fully saturated rings. The standard InChI is InChI=1S/C25H35O8P/c1-19(23(28)32-14-13-31-22(27)17-20(2)26)18-25(3,4)11-16-34(5)24(29)33-15-12-30-21-9-7-6-8-10-21/h6-10H,1,11-18H2,2-5H3. The van der Waals surface area contributed by atoms with E-state index >= 15 is 0 Å². The molecule has 0 bridgehead atoms. The largest absolute Gasteiger partial charge is 0.490 e. The minimum Gasteiger partial charge on any atom is -0.490 e. The third-order valence-corrected chi connectivity index (χ3v) is 6.36. The lowest BCUT2D eigenvalue weighted by atomic mass is 9.83. The van der Waals surface area contributed by atoms with Gasteiger partial charge in [-0.15, -0.1) is 0 Å². The minimum atomic E-state index is -0.977. The van der Waals surface area contributed by atoms with Gasteiger partial charge in [-0.1, -0.05) is 38.6 Å². The molecule has 8 nitrogen and oxygen atoms in total. The Morgan fingerprint density at radius 1 is 0.941 bits per heavy atom. The predicted molar refractivity (Wildman–Crippen MR) is 130 cm³/mol. The van der Waals surface area contributed by atoms with Crippen LogP contribution in [0.1, 0.15) is 40.0 Å². The monoisotopic (exact) mass is 494 g/mol. The maximum atomic E-state index is 12.3. The molecule has 0 aliphatic carbocycles. The van der Waals surface area contributed by atoms with E-state index in [1.165, 1.54) is 6.92 Å². The predicted octanol–water partition coefficient (Wildman–Crippen LogP) is 4.74. The number of ether oxygens (including phenoxy) is 4. The highest BCUT2D eigenvalue weighted by Crippen LogP contribution is 2.39. The fourth-order valence-corrected chi connectivity index (χ4v) is 4.30. The summed E-state index contributed by atoms with van der Waals surface area (Å²) in [5.74, 6) is -0.778. The average molecular weight is 495 g/mol. The Hall–Kier alpha value is -2.73. The van der Waals surface area contributed by atoms with Crippen LogP contribution in [-0.2, 0) is 28.6 Å². The molecule has 188 valence electrons. The second-order valence-electron chi connectivity index (χ2n) is 8.63. The third kappa shape index (κ3) is 13.1. The molecule has 1 aromatic carbocycles. The molecule has 0 aliphatic heterocycles. The number of hydrogen-bond donors (Lipinski definition) is 0. The molecule has 1 rings (SSSR count). The molecule has 1 atom stereocenters. The van der Waals surface area contributed by atoms with E-state index in [2.05, 4.69) is 6.58 Å². The van der Waals surface area contributed by atoms with Crippen molar-refractivity contribution < 1.29 is 38.1 Å². The van der Waals surface area contributed by atoms with E-state index < -0.39 is 19.9 Å². The van der Waals surface area contributed by atoms with Crippen LogP contribution in [0.25, 0.3) is 0 Å². The Bertz CT molecular complexity index is 835. The first kappa shape index (κ1) is 29.3. The van der Waals surface area contributed by atoms with Gasteiger partial charge in [-0.25, -0.2) is 9.59 Å². The highest BCUT2D eigenvalue weighted by molar-refractivity contribution is 7.73. The normalized spacial score (nSPS) is 11.8. The highest BCUT2D eigenvalue weighted by Gasteiger charge is 2.25. The quantitative estimate of drug-likeness (QED) is 0.0810. The van der Waals surface area contributed by atoms with Crippen LogP contribution in [0.5, 0.6) is 5.75 Å². The van der Waals surface area contributed by atoms with Crippen molar-refractivity contribution in [2.24, 2.45) is 5.41 Å². The molecule has 0 amide bonds. The molecule has 0 spiro atoms. The second-order valence-corrected chi connectivity index (χ2v) is 10.8. The summed E-state index contributed by atoms with van der Waals surface area (Å²) in [4.78, 5) is 46.5. The van der Waals surface area contributed by atoms with Crippen LogP contribution in [0, 0.1) is 5.41 Å². The van der Waals surface area contributed by atoms with Gasteiger partial charge in [0.2, 0.25) is 0 Å². The van der Waals surface area contributed by atoms with E-state index in [0.717, 1.165) is 5.75 Å². The lowest BCUT2D eigenvalue weighted by Gasteiger charge is -2.26. The SMILES string of the molecule is C=C(CC(C)(C)CCP(C)C(=O)OCCOc1ccccc1)C(=O)OCCOC(=O)CC(C)=O. The van der Waals surface area contributed by atoms with Crippen molar-refractivity contribution in [1.29, 1.82) is 0 Å². The Morgan fingerprint density at radius 2 is 1.56 bits per heavy atom. The first-order valence-electron chi connectivity index (χ1n) is 11.1. The summed E-state index contributed by atoms with van der Waals surface area (Å²) in [6, 6.07) is 9.32. The number of hydrogen-bond acceptors (Lipinski definition) is 8. The number of esters is 2. The Morgan fingerprint density at radius 3 is 2.21 bits per heavy atom. The fourth-order valence-electron chi connectivity index (χ4n) is 2.86. The minimum absolute atomic E-state index is 0.109. The van der Waals surface area contributed by atoms with Crippen LogP contribution in [-0.4, -0.2) is 62.7 Å². The van der Waals surface area contributed by atoms with Gasteiger partial charge in [0.25, 0.3) is 0 Å². The van der Waals surface area contributed by atoms with Gasteiger partial charge in [0.15, 0.2) is 0 Å². The zero-order chi connectivity index (χ0) is 25.6. The number of Topliss-reactive ketones (excluding diaryl/α,β-unsaturated/α-hetero) is 1. The first-order valence-corrected chi connectivity index (χ1v) is 13.0. The highest BCUT2D eigenvalue weighted by atomic mass is 31.1. The van der Waals surface area contributed by atoms with Gasteiger partial charge in [0.05, 0.1) is 0 Å². The summed E-state index contributed by atoms with van der Waals surface area (Å²) in [5, 5.41) is 0. The molecule has 1 aromatic rings. The van der Waals surface area contributed by atoms with Gasteiger partial charge in [0, 0.05) is 13.5 Å². The van der Waals surface area contributed by atoms with Gasteiger partial charge < -0.3 is 18.9 Å². The molecular formula is C25H35O8P. The van der Waals surface area contributed by atoms with Crippen LogP contribution in [0.3, 0.4) is 0 Å². The summed E-state index contributed by atoms with van der Waals surface area (Å²) in [5.41, 5.74) is -0.182. The summed E-state index contributed by atoms with van der Waals surface area (Å²) < 4.78 is 20.7. The van der Waals surface area contributed by atoms with Crippen molar-refractivity contribution in [3.63, 3.8) is 0 Å². The number of carbonyl (C=O) groups excluding carboxylic acids is 4. The molecule has 1 unspecified atom stereocenters. The summed E-state index contributed by atoms with van der Waals surface area (Å²) in [6.07, 6.45) is 1.47. The number of ketones is 1. The number of carbonyl (C=O) groups is 4. The van der Waals surface area contributed by atoms with E-state index in [0.29, 0.717) is 31.2 Å². The average Bonchev–Trinajstić information content (AvgIpc) is 2.77. The smallest absolute Gasteiger partial charge is 0.333 e. The first-order chi connectivity index (χ1) is 16.0. The molecule has 9 heteroatoms. The van der Waals surface area contributed by atoms with E-state index in [-0.39, 0.29) is 43.2 Å². The molecule has 34 heavy (non-hydrogen) atoms. The zero-order valence-corrected chi connectivity index (χ0v) is 21.4. The van der Waals surface area contributed by atoms with Gasteiger partial charge in [-0.05, 0) is 50.1 Å². The lowest BCUT2D eigenvalue weighted by Crippen LogP contribution is -2.20. The van der Waals surface area contributed by atoms with Crippen molar-refractivity contribution in [1.82, 2.24) is 0 Å². The van der Waals surface area contributed by atoms with E-state index in [9.17, 15) is 19.2 Å². The number of rotatable bonds is 16. The maximum absolute atomic E-state index is 12.3. The Kier molecular flexibility index (Phi) is 13.1. The van der Waals surface area contributed by atoms with E-state index in [4.69, 9.17) is 18.9 Å². The maximum Gasteiger partial charge on any atom is 0.333 e. The molecule has 0 saturated heterocycles. The molecule has 0 radical (unpaired) electrons. The van der Waals surface area contributed by atoms with Crippen LogP contribution in [0.2, 0.25) is 0 Å². The van der Waals surface area contributed by atoms with Crippen molar-refractivity contribution in [2.75, 3.05) is 39.3 Å². The molecule has 0 aliphatic rings. The van der Waals surface area contributed by atoms with E-state index in [1.54, 1.807) is 0 Å². The van der Waals surface area contributed by atoms with Crippen molar-refractivity contribution in [3.8, 4) is 5.75 Å². The lowest BCUT2D eigenvalue weighted by molar-refractivity contribution is -0.151. The third-order valence-electron chi connectivity index (χ3n) is 4.71. The van der Waals surface area contributed by atoms with Crippen LogP contribution >= 0.6 is 7.92 Å². The number of para-hydroxylation sites is 1. The van der Waals surface area contributed by atoms with Crippen molar-refractivity contribution in [3.05, 3.63) is 42.5 Å². The Balaban J connectivity index is 2.26. The van der Waals surface area contributed by atoms with Gasteiger partial charge in [0.1, 0.15) is 44.4 Å². The van der Waals surface area contributed by atoms with Crippen LogP contribution < -0.4 is 4.74 Å².